The van der Waals surface area contributed by atoms with Gasteiger partial charge >= 0.3 is 11.9 Å². The zero-order chi connectivity index (χ0) is 35.1. The summed E-state index contributed by atoms with van der Waals surface area (Å²) >= 11 is 0. The van der Waals surface area contributed by atoms with Crippen LogP contribution in [0.5, 0.6) is 5.75 Å². The average Bonchev–Trinajstić information content (AvgIpc) is 3.03. The Morgan fingerprint density at radius 1 is 0.894 bits per heavy atom. The summed E-state index contributed by atoms with van der Waals surface area (Å²) in [4.78, 5) is 62.1. The van der Waals surface area contributed by atoms with Crippen LogP contribution in [0.4, 0.5) is 0 Å². The lowest BCUT2D eigenvalue weighted by Gasteiger charge is -2.30. The molecule has 2 amide bonds. The molecule has 11 nitrogen and oxygen atoms in total. The molecule has 0 saturated carbocycles. The monoisotopic (exact) mass is 660 g/mol. The molecule has 1 rings (SSSR count). The number of primary amides is 1. The minimum absolute atomic E-state index is 0.0206. The number of benzene rings is 1. The van der Waals surface area contributed by atoms with Crippen molar-refractivity contribution in [3.8, 4) is 5.75 Å². The molecule has 0 unspecified atom stereocenters. The smallest absolute Gasteiger partial charge is 0.337 e. The largest absolute Gasteiger partial charge is 0.494 e. The lowest BCUT2D eigenvalue weighted by molar-refractivity contribution is -0.169. The average molecular weight is 661 g/mol. The number of ether oxygens (including phenoxy) is 2. The maximum Gasteiger partial charge on any atom is 0.337 e. The van der Waals surface area contributed by atoms with Gasteiger partial charge in [-0.15, -0.1) is 0 Å². The second kappa shape index (κ2) is 23.6. The molecule has 264 valence electrons. The van der Waals surface area contributed by atoms with Crippen molar-refractivity contribution in [1.82, 2.24) is 5.32 Å². The van der Waals surface area contributed by atoms with Crippen molar-refractivity contribution in [1.29, 1.82) is 0 Å². The Kier molecular flexibility index (Phi) is 20.7. The third-order valence-electron chi connectivity index (χ3n) is 8.01. The number of aliphatic carboxylic acids is 1. The number of unbranched alkanes of at least 4 members (excludes halogenated alkanes) is 9. The van der Waals surface area contributed by atoms with Gasteiger partial charge in [0.05, 0.1) is 26.1 Å². The van der Waals surface area contributed by atoms with E-state index in [0.29, 0.717) is 43.6 Å². The Morgan fingerprint density at radius 2 is 1.49 bits per heavy atom. The molecule has 47 heavy (non-hydrogen) atoms. The minimum Gasteiger partial charge on any atom is -0.494 e. The Balaban J connectivity index is 2.87. The highest BCUT2D eigenvalue weighted by molar-refractivity contribution is 5.95. The predicted octanol–water partition coefficient (Wildman–Crippen LogP) is 5.20. The molecule has 0 heterocycles. The third-order valence-corrected chi connectivity index (χ3v) is 8.01. The van der Waals surface area contributed by atoms with Crippen LogP contribution in [-0.2, 0) is 35.1 Å². The molecule has 11 heteroatoms. The van der Waals surface area contributed by atoms with E-state index in [9.17, 15) is 34.2 Å². The summed E-state index contributed by atoms with van der Waals surface area (Å²) in [6.07, 6.45) is 14.1. The second-order valence-corrected chi connectivity index (χ2v) is 12.1. The first-order valence-electron chi connectivity index (χ1n) is 17.0. The number of hydrogen-bond acceptors (Lipinski definition) is 8. The molecular weight excluding hydrogens is 604 g/mol. The van der Waals surface area contributed by atoms with E-state index in [1.807, 2.05) is 0 Å². The number of nitrogens with two attached hydrogens (primary N) is 1. The van der Waals surface area contributed by atoms with E-state index < -0.39 is 47.7 Å². The van der Waals surface area contributed by atoms with Crippen molar-refractivity contribution in [2.45, 2.75) is 128 Å². The molecule has 0 fully saturated rings. The van der Waals surface area contributed by atoms with Gasteiger partial charge in [0.25, 0.3) is 0 Å². The fraction of sp³-hybridized carbons (Fsp3) is 0.639. The molecule has 0 aliphatic rings. The lowest BCUT2D eigenvalue weighted by atomic mass is 9.82. The van der Waals surface area contributed by atoms with Gasteiger partial charge in [-0.05, 0) is 49.8 Å². The summed E-state index contributed by atoms with van der Waals surface area (Å²) in [5.41, 5.74) is 3.07. The zero-order valence-corrected chi connectivity index (χ0v) is 28.5. The van der Waals surface area contributed by atoms with Gasteiger partial charge in [-0.2, -0.15) is 0 Å². The summed E-state index contributed by atoms with van der Waals surface area (Å²) in [7, 11) is 1.16. The molecule has 3 atom stereocenters. The molecule has 0 radical (unpaired) electrons. The summed E-state index contributed by atoms with van der Waals surface area (Å²) in [5.74, 6) is -5.44. The van der Waals surface area contributed by atoms with Crippen molar-refractivity contribution < 1.29 is 43.7 Å². The number of aliphatic hydroxyl groups is 1. The van der Waals surface area contributed by atoms with Crippen molar-refractivity contribution in [3.05, 3.63) is 42.0 Å². The molecule has 5 N–H and O–H groups in total. The van der Waals surface area contributed by atoms with Crippen LogP contribution in [0, 0.1) is 5.92 Å². The van der Waals surface area contributed by atoms with Gasteiger partial charge in [-0.3, -0.25) is 14.4 Å². The SMILES string of the molecule is CCCCCCCC(=O)CCCCCC/C=C/[C@H](C(=O)N[C@@H](Cc1ccc(OCCCC)cc1)C(=O)OC)[C@@](O)(CC(N)=O)C(=O)O. The molecule has 0 aliphatic heterocycles. The number of nitrogens with one attached hydrogen (secondary N) is 1. The topological polar surface area (TPSA) is 182 Å². The first-order chi connectivity index (χ1) is 22.5. The van der Waals surface area contributed by atoms with Gasteiger partial charge in [-0.1, -0.05) is 83.1 Å². The van der Waals surface area contributed by atoms with Crippen LogP contribution < -0.4 is 15.8 Å². The zero-order valence-electron chi connectivity index (χ0n) is 28.5. The number of Topliss-reactive ketones (excluding diaryl/α,β-unsaturated/α-hetero) is 1. The lowest BCUT2D eigenvalue weighted by Crippen LogP contribution is -2.56. The number of carboxylic acids is 1. The van der Waals surface area contributed by atoms with Gasteiger partial charge in [0.2, 0.25) is 11.8 Å². The number of esters is 1. The molecule has 1 aromatic carbocycles. The molecular formula is C36H56N2O9. The number of hydrogen-bond donors (Lipinski definition) is 4. The second-order valence-electron chi connectivity index (χ2n) is 12.1. The van der Waals surface area contributed by atoms with Crippen molar-refractivity contribution in [3.63, 3.8) is 0 Å². The standard InChI is InChI=1S/C36H56N2O9/c1-4-6-8-11-14-17-28(39)18-15-12-9-10-13-16-19-30(36(45,35(43)44)26-32(37)40)33(41)38-31(34(42)46-3)25-27-20-22-29(23-21-27)47-24-7-5-2/h16,19-23,30-31,45H,4-15,17-18,24-26H2,1-3H3,(H2,37,40)(H,38,41)(H,43,44)/b19-16+/t30-,31+,36+/m1/s1. The van der Waals surface area contributed by atoms with Crippen LogP contribution in [-0.4, -0.2) is 65.1 Å². The van der Waals surface area contributed by atoms with Crippen LogP contribution >= 0.6 is 0 Å². The van der Waals surface area contributed by atoms with E-state index in [-0.39, 0.29) is 12.2 Å². The fourth-order valence-corrected chi connectivity index (χ4v) is 5.16. The van der Waals surface area contributed by atoms with E-state index >= 15 is 0 Å². The predicted molar refractivity (Wildman–Crippen MR) is 180 cm³/mol. The highest BCUT2D eigenvalue weighted by Crippen LogP contribution is 2.26. The Morgan fingerprint density at radius 3 is 2.04 bits per heavy atom. The van der Waals surface area contributed by atoms with Gasteiger partial charge < -0.3 is 30.7 Å². The van der Waals surface area contributed by atoms with Crippen LogP contribution in [0.2, 0.25) is 0 Å². The van der Waals surface area contributed by atoms with Gasteiger partial charge in [0.15, 0.2) is 5.60 Å². The molecule has 0 aliphatic carbocycles. The third kappa shape index (κ3) is 16.6. The summed E-state index contributed by atoms with van der Waals surface area (Å²) < 4.78 is 10.5. The number of ketones is 1. The molecule has 0 saturated heterocycles. The van der Waals surface area contributed by atoms with Gasteiger partial charge in [-0.25, -0.2) is 9.59 Å². The normalized spacial score (nSPS) is 13.8. The molecule has 0 bridgehead atoms. The number of carboxylic acid groups (broad SMARTS) is 1. The number of allylic oxidation sites excluding steroid dienone is 1. The first kappa shape index (κ1) is 41.3. The van der Waals surface area contributed by atoms with E-state index in [4.69, 9.17) is 15.2 Å². The number of carbonyl (C=O) groups is 5. The van der Waals surface area contributed by atoms with Crippen LogP contribution in [0.25, 0.3) is 0 Å². The Bertz CT molecular complexity index is 1140. The van der Waals surface area contributed by atoms with E-state index in [0.717, 1.165) is 52.1 Å². The summed E-state index contributed by atoms with van der Waals surface area (Å²) in [5, 5.41) is 23.4. The first-order valence-corrected chi connectivity index (χ1v) is 17.0. The summed E-state index contributed by atoms with van der Waals surface area (Å²) in [6, 6.07) is 5.77. The number of methoxy groups -OCH3 is 1. The van der Waals surface area contributed by atoms with Crippen molar-refractivity contribution in [2.75, 3.05) is 13.7 Å². The number of carbonyl (C=O) groups excluding carboxylic acids is 4. The van der Waals surface area contributed by atoms with E-state index in [2.05, 4.69) is 19.2 Å². The van der Waals surface area contributed by atoms with Gasteiger partial charge in [0.1, 0.15) is 17.6 Å². The molecule has 1 aromatic rings. The van der Waals surface area contributed by atoms with E-state index in [1.165, 1.54) is 25.3 Å². The maximum atomic E-state index is 13.5. The number of amides is 2. The Labute approximate surface area is 279 Å². The quantitative estimate of drug-likeness (QED) is 0.0560. The number of rotatable bonds is 27. The van der Waals surface area contributed by atoms with Crippen molar-refractivity contribution in [2.24, 2.45) is 11.7 Å². The highest BCUT2D eigenvalue weighted by Gasteiger charge is 2.48. The van der Waals surface area contributed by atoms with Crippen LogP contribution in [0.15, 0.2) is 36.4 Å². The van der Waals surface area contributed by atoms with E-state index in [1.54, 1.807) is 30.3 Å². The van der Waals surface area contributed by atoms with Crippen molar-refractivity contribution >= 4 is 29.5 Å². The maximum absolute atomic E-state index is 13.5. The van der Waals surface area contributed by atoms with Crippen LogP contribution in [0.1, 0.15) is 116 Å². The highest BCUT2D eigenvalue weighted by atomic mass is 16.5. The Hall–Kier alpha value is -3.73. The molecule has 0 aromatic heterocycles. The molecule has 0 spiro atoms. The van der Waals surface area contributed by atoms with Crippen LogP contribution in [0.3, 0.4) is 0 Å². The van der Waals surface area contributed by atoms with Gasteiger partial charge in [0, 0.05) is 19.3 Å². The fourth-order valence-electron chi connectivity index (χ4n) is 5.16. The summed E-state index contributed by atoms with van der Waals surface area (Å²) in [6.45, 7) is 4.79. The minimum atomic E-state index is -2.85.